The number of allylic oxidation sites excluding steroid dienone is 3. The van der Waals surface area contributed by atoms with Crippen molar-refractivity contribution in [3.05, 3.63) is 24.3 Å². The SMILES string of the molecule is C#C[C@@H](O)/C=C/C=C/C#C[C@H](O)CCCC(=O)[O-].[Na+]. The van der Waals surface area contributed by atoms with Crippen LogP contribution in [0.5, 0.6) is 0 Å². The fourth-order valence-corrected chi connectivity index (χ4v) is 0.985. The molecule has 0 saturated carbocycles. The zero-order valence-electron chi connectivity index (χ0n) is 10.9. The number of hydrogen-bond donors (Lipinski definition) is 2. The molecule has 2 N–H and O–H groups in total. The second-order valence-electron chi connectivity index (χ2n) is 3.42. The molecule has 0 spiro atoms. The van der Waals surface area contributed by atoms with Gasteiger partial charge < -0.3 is 20.1 Å². The van der Waals surface area contributed by atoms with Crippen LogP contribution < -0.4 is 34.7 Å². The quantitative estimate of drug-likeness (QED) is 0.297. The normalized spacial score (nSPS) is 13.1. The number of carboxylic acids is 1. The van der Waals surface area contributed by atoms with Crippen LogP contribution >= 0.6 is 0 Å². The van der Waals surface area contributed by atoms with E-state index in [0.29, 0.717) is 12.8 Å². The Kier molecular flexibility index (Phi) is 14.3. The molecule has 0 radical (unpaired) electrons. The second kappa shape index (κ2) is 13.4. The largest absolute Gasteiger partial charge is 1.00 e. The molecule has 0 saturated heterocycles. The van der Waals surface area contributed by atoms with Crippen LogP contribution in [-0.4, -0.2) is 28.4 Å². The summed E-state index contributed by atoms with van der Waals surface area (Å²) in [4.78, 5) is 10.1. The van der Waals surface area contributed by atoms with Crippen molar-refractivity contribution >= 4 is 5.97 Å². The molecule has 0 heterocycles. The van der Waals surface area contributed by atoms with Crippen molar-refractivity contribution in [2.75, 3.05) is 0 Å². The molecule has 0 aliphatic carbocycles. The number of carbonyl (C=O) groups is 1. The fourth-order valence-electron chi connectivity index (χ4n) is 0.985. The summed E-state index contributed by atoms with van der Waals surface area (Å²) in [6.45, 7) is 0. The molecule has 0 aliphatic rings. The van der Waals surface area contributed by atoms with Crippen molar-refractivity contribution in [1.82, 2.24) is 0 Å². The summed E-state index contributed by atoms with van der Waals surface area (Å²) < 4.78 is 0. The van der Waals surface area contributed by atoms with Crippen LogP contribution in [-0.2, 0) is 4.79 Å². The summed E-state index contributed by atoms with van der Waals surface area (Å²) in [5.41, 5.74) is 0. The van der Waals surface area contributed by atoms with Crippen LogP contribution in [0.4, 0.5) is 0 Å². The van der Waals surface area contributed by atoms with Gasteiger partial charge in [0.2, 0.25) is 0 Å². The first-order valence-electron chi connectivity index (χ1n) is 5.42. The zero-order chi connectivity index (χ0) is 13.8. The predicted molar refractivity (Wildman–Crippen MR) is 65.8 cm³/mol. The number of aliphatic hydroxyl groups excluding tert-OH is 2. The molecule has 0 aromatic heterocycles. The number of carboxylic acid groups (broad SMARTS) is 1. The summed E-state index contributed by atoms with van der Waals surface area (Å²) in [5.74, 6) is 6.09. The minimum atomic E-state index is -1.13. The first kappa shape index (κ1) is 20.3. The standard InChI is InChI=1S/C14H16O4.Na/c1-2-12(15)8-5-3-4-6-9-13(16)10-7-11-14(17)18;/h1,3-5,8,12-13,15-16H,7,10-11H2,(H,17,18);/q;+1/p-1/b4-3+,8-5+;/t12-,13+;/m1./s1. The van der Waals surface area contributed by atoms with E-state index in [2.05, 4.69) is 17.8 Å². The molecule has 19 heavy (non-hydrogen) atoms. The molecule has 2 atom stereocenters. The molecule has 4 nitrogen and oxygen atoms in total. The van der Waals surface area contributed by atoms with Gasteiger partial charge in [0.05, 0.1) is 0 Å². The maximum atomic E-state index is 10.1. The Balaban J connectivity index is 0. The average Bonchev–Trinajstić information content (AvgIpc) is 2.32. The monoisotopic (exact) mass is 270 g/mol. The van der Waals surface area contributed by atoms with E-state index in [-0.39, 0.29) is 36.0 Å². The van der Waals surface area contributed by atoms with Crippen molar-refractivity contribution in [2.45, 2.75) is 31.5 Å². The Morgan fingerprint density at radius 1 is 1.37 bits per heavy atom. The molecule has 96 valence electrons. The molecule has 5 heteroatoms. The summed E-state index contributed by atoms with van der Waals surface area (Å²) in [7, 11) is 0. The molecule has 0 unspecified atom stereocenters. The van der Waals surface area contributed by atoms with Gasteiger partial charge >= 0.3 is 29.6 Å². The van der Waals surface area contributed by atoms with Gasteiger partial charge in [0.15, 0.2) is 0 Å². The van der Waals surface area contributed by atoms with Gasteiger partial charge in [-0.05, 0) is 31.4 Å². The van der Waals surface area contributed by atoms with Crippen LogP contribution in [0.3, 0.4) is 0 Å². The molecular formula is C14H15NaO4. The fraction of sp³-hybridized carbons (Fsp3) is 0.357. The maximum absolute atomic E-state index is 10.1. The molecule has 0 fully saturated rings. The molecule has 0 amide bonds. The number of aliphatic carboxylic acids is 1. The topological polar surface area (TPSA) is 80.6 Å². The zero-order valence-corrected chi connectivity index (χ0v) is 12.9. The summed E-state index contributed by atoms with van der Waals surface area (Å²) >= 11 is 0. The minimum Gasteiger partial charge on any atom is -0.550 e. The van der Waals surface area contributed by atoms with E-state index in [4.69, 9.17) is 11.5 Å². The van der Waals surface area contributed by atoms with Crippen molar-refractivity contribution in [2.24, 2.45) is 0 Å². The molecule has 0 bridgehead atoms. The van der Waals surface area contributed by atoms with Gasteiger partial charge in [-0.1, -0.05) is 29.9 Å². The number of terminal acetylenes is 1. The predicted octanol–water partition coefficient (Wildman–Crippen LogP) is -3.62. The van der Waals surface area contributed by atoms with Crippen molar-refractivity contribution < 1.29 is 49.7 Å². The minimum absolute atomic E-state index is 0. The van der Waals surface area contributed by atoms with Gasteiger partial charge in [0.25, 0.3) is 0 Å². The van der Waals surface area contributed by atoms with Crippen LogP contribution in [0.25, 0.3) is 0 Å². The first-order valence-corrected chi connectivity index (χ1v) is 5.42. The first-order chi connectivity index (χ1) is 8.56. The summed E-state index contributed by atoms with van der Waals surface area (Å²) in [5, 5.41) is 28.4. The average molecular weight is 270 g/mol. The van der Waals surface area contributed by atoms with E-state index in [1.165, 1.54) is 12.2 Å². The van der Waals surface area contributed by atoms with Gasteiger partial charge in [-0.25, -0.2) is 0 Å². The molecule has 0 aliphatic heterocycles. The van der Waals surface area contributed by atoms with Gasteiger partial charge in [-0.15, -0.1) is 6.42 Å². The van der Waals surface area contributed by atoms with Gasteiger partial charge in [0, 0.05) is 5.97 Å². The van der Waals surface area contributed by atoms with Crippen molar-refractivity contribution in [1.29, 1.82) is 0 Å². The van der Waals surface area contributed by atoms with Crippen LogP contribution in [0.15, 0.2) is 24.3 Å². The van der Waals surface area contributed by atoms with Gasteiger partial charge in [-0.3, -0.25) is 0 Å². The van der Waals surface area contributed by atoms with Gasteiger partial charge in [-0.2, -0.15) is 0 Å². The molecule has 0 aromatic rings. The molecule has 0 rings (SSSR count). The Morgan fingerprint density at radius 3 is 2.63 bits per heavy atom. The summed E-state index contributed by atoms with van der Waals surface area (Å²) in [6, 6.07) is 0. The number of aliphatic hydroxyl groups is 2. The van der Waals surface area contributed by atoms with Crippen LogP contribution in [0, 0.1) is 24.2 Å². The Hall–Kier alpha value is -1.01. The van der Waals surface area contributed by atoms with E-state index in [0.717, 1.165) is 0 Å². The Bertz CT molecular complexity index is 409. The van der Waals surface area contributed by atoms with Crippen molar-refractivity contribution in [3.63, 3.8) is 0 Å². The molecule has 0 aromatic carbocycles. The van der Waals surface area contributed by atoms with Gasteiger partial charge in [0.1, 0.15) is 12.2 Å². The Morgan fingerprint density at radius 2 is 2.05 bits per heavy atom. The Labute approximate surface area is 135 Å². The summed E-state index contributed by atoms with van der Waals surface area (Å²) in [6.07, 6.45) is 9.72. The third-order valence-corrected chi connectivity index (χ3v) is 1.86. The number of hydrogen-bond acceptors (Lipinski definition) is 4. The number of carbonyl (C=O) groups excluding carboxylic acids is 1. The smallest absolute Gasteiger partial charge is 0.550 e. The maximum Gasteiger partial charge on any atom is 1.00 e. The van der Waals surface area contributed by atoms with E-state index in [1.807, 2.05) is 0 Å². The third kappa shape index (κ3) is 14.9. The van der Waals surface area contributed by atoms with Crippen LogP contribution in [0.2, 0.25) is 0 Å². The van der Waals surface area contributed by atoms with E-state index in [9.17, 15) is 15.0 Å². The van der Waals surface area contributed by atoms with Crippen molar-refractivity contribution in [3.8, 4) is 24.2 Å². The second-order valence-corrected chi connectivity index (χ2v) is 3.42. The van der Waals surface area contributed by atoms with E-state index < -0.39 is 18.2 Å². The van der Waals surface area contributed by atoms with E-state index >= 15 is 0 Å². The number of rotatable bonds is 6. The van der Waals surface area contributed by atoms with Crippen LogP contribution in [0.1, 0.15) is 19.3 Å². The third-order valence-electron chi connectivity index (χ3n) is 1.86. The van der Waals surface area contributed by atoms with E-state index in [1.54, 1.807) is 12.2 Å². The molecular weight excluding hydrogens is 255 g/mol.